The minimum atomic E-state index is -0.579. The molecule has 0 bridgehead atoms. The summed E-state index contributed by atoms with van der Waals surface area (Å²) in [6.45, 7) is 0.512. The first kappa shape index (κ1) is 14.9. The Hall–Kier alpha value is -0.190. The lowest BCUT2D eigenvalue weighted by Crippen LogP contribution is -2.31. The SMILES string of the molecule is CN[C@@H]1COc2cc(Cl)c(Cl)cc2[C@H](O)C1.Cl. The van der Waals surface area contributed by atoms with Crippen LogP contribution in [0.15, 0.2) is 12.1 Å². The topological polar surface area (TPSA) is 41.5 Å². The zero-order valence-corrected chi connectivity index (χ0v) is 11.6. The second kappa shape index (κ2) is 6.12. The highest BCUT2D eigenvalue weighted by molar-refractivity contribution is 6.42. The average Bonchev–Trinajstić information content (AvgIpc) is 2.41. The molecule has 0 radical (unpaired) electrons. The van der Waals surface area contributed by atoms with Crippen LogP contribution in [-0.2, 0) is 0 Å². The molecule has 1 aromatic carbocycles. The summed E-state index contributed by atoms with van der Waals surface area (Å²) in [5.74, 6) is 0.611. The Labute approximate surface area is 116 Å². The molecule has 1 aliphatic heterocycles. The van der Waals surface area contributed by atoms with Crippen LogP contribution in [0.4, 0.5) is 0 Å². The highest BCUT2D eigenvalue weighted by Crippen LogP contribution is 2.37. The second-order valence-corrected chi connectivity index (χ2v) is 4.67. The lowest BCUT2D eigenvalue weighted by atomic mass is 10.0. The Morgan fingerprint density at radius 1 is 1.35 bits per heavy atom. The summed E-state index contributed by atoms with van der Waals surface area (Å²) >= 11 is 11.8. The predicted molar refractivity (Wildman–Crippen MR) is 71.6 cm³/mol. The van der Waals surface area contributed by atoms with Crippen LogP contribution in [-0.4, -0.2) is 24.8 Å². The molecule has 1 heterocycles. The van der Waals surface area contributed by atoms with Gasteiger partial charge in [0.05, 0.1) is 16.1 Å². The molecule has 0 aliphatic carbocycles. The number of halogens is 3. The van der Waals surface area contributed by atoms with E-state index in [2.05, 4.69) is 5.32 Å². The summed E-state index contributed by atoms with van der Waals surface area (Å²) in [4.78, 5) is 0. The molecule has 17 heavy (non-hydrogen) atoms. The monoisotopic (exact) mass is 297 g/mol. The van der Waals surface area contributed by atoms with E-state index in [0.717, 1.165) is 0 Å². The minimum absolute atomic E-state index is 0. The summed E-state index contributed by atoms with van der Waals surface area (Å²) in [6, 6.07) is 3.45. The summed E-state index contributed by atoms with van der Waals surface area (Å²) < 4.78 is 5.59. The summed E-state index contributed by atoms with van der Waals surface area (Å²) in [7, 11) is 1.84. The average molecular weight is 299 g/mol. The molecular formula is C11H14Cl3NO2. The Bertz CT molecular complexity index is 401. The summed E-state index contributed by atoms with van der Waals surface area (Å²) in [5.41, 5.74) is 0.701. The first-order chi connectivity index (χ1) is 7.61. The van der Waals surface area contributed by atoms with Gasteiger partial charge < -0.3 is 15.2 Å². The molecule has 2 rings (SSSR count). The zero-order valence-electron chi connectivity index (χ0n) is 9.24. The fourth-order valence-electron chi connectivity index (χ4n) is 1.79. The van der Waals surface area contributed by atoms with Gasteiger partial charge in [0.15, 0.2) is 0 Å². The van der Waals surface area contributed by atoms with Gasteiger partial charge in [-0.3, -0.25) is 0 Å². The normalized spacial score (nSPS) is 23.1. The van der Waals surface area contributed by atoms with Gasteiger partial charge in [-0.05, 0) is 19.5 Å². The van der Waals surface area contributed by atoms with E-state index in [1.807, 2.05) is 7.05 Å². The standard InChI is InChI=1S/C11H13Cl2NO2.ClH/c1-14-6-2-10(15)7-3-8(12)9(13)4-11(7)16-5-6;/h3-4,6,10,14-15H,2,5H2,1H3;1H/t6-,10+;/m0./s1. The molecule has 0 saturated heterocycles. The van der Waals surface area contributed by atoms with Gasteiger partial charge in [0.1, 0.15) is 12.4 Å². The third-order valence-corrected chi connectivity index (χ3v) is 3.49. The van der Waals surface area contributed by atoms with Crippen LogP contribution in [0.3, 0.4) is 0 Å². The molecule has 0 spiro atoms. The Morgan fingerprint density at radius 3 is 2.65 bits per heavy atom. The smallest absolute Gasteiger partial charge is 0.126 e. The van der Waals surface area contributed by atoms with Crippen LogP contribution in [0.1, 0.15) is 18.1 Å². The number of likely N-dealkylation sites (N-methyl/N-ethyl adjacent to an activating group) is 1. The molecular weight excluding hydrogens is 284 g/mol. The minimum Gasteiger partial charge on any atom is -0.492 e. The zero-order chi connectivity index (χ0) is 11.7. The van der Waals surface area contributed by atoms with Crippen LogP contribution in [0.2, 0.25) is 10.0 Å². The molecule has 0 fully saturated rings. The number of fused-ring (bicyclic) bond motifs is 1. The van der Waals surface area contributed by atoms with E-state index in [4.69, 9.17) is 27.9 Å². The number of nitrogens with one attached hydrogen (secondary N) is 1. The summed E-state index contributed by atoms with van der Waals surface area (Å²) in [6.07, 6.45) is 0.0197. The lowest BCUT2D eigenvalue weighted by Gasteiger charge is -2.14. The number of hydrogen-bond donors (Lipinski definition) is 2. The maximum atomic E-state index is 10.0. The number of hydrogen-bond acceptors (Lipinski definition) is 3. The van der Waals surface area contributed by atoms with Gasteiger partial charge in [-0.25, -0.2) is 0 Å². The maximum absolute atomic E-state index is 10.0. The maximum Gasteiger partial charge on any atom is 0.126 e. The number of ether oxygens (including phenoxy) is 1. The van der Waals surface area contributed by atoms with Gasteiger partial charge in [0.25, 0.3) is 0 Å². The molecule has 2 atom stereocenters. The molecule has 0 amide bonds. The Morgan fingerprint density at radius 2 is 2.00 bits per heavy atom. The van der Waals surface area contributed by atoms with E-state index in [1.54, 1.807) is 12.1 Å². The fraction of sp³-hybridized carbons (Fsp3) is 0.455. The quantitative estimate of drug-likeness (QED) is 0.838. The first-order valence-electron chi connectivity index (χ1n) is 5.09. The van der Waals surface area contributed by atoms with E-state index >= 15 is 0 Å². The Balaban J connectivity index is 0.00000144. The molecule has 1 aromatic rings. The second-order valence-electron chi connectivity index (χ2n) is 3.85. The van der Waals surface area contributed by atoms with Crippen molar-refractivity contribution >= 4 is 35.6 Å². The molecule has 6 heteroatoms. The van der Waals surface area contributed by atoms with E-state index in [-0.39, 0.29) is 18.4 Å². The Kier molecular flexibility index (Phi) is 5.35. The van der Waals surface area contributed by atoms with Crippen molar-refractivity contribution in [3.63, 3.8) is 0 Å². The van der Waals surface area contributed by atoms with E-state index < -0.39 is 6.10 Å². The van der Waals surface area contributed by atoms with Crippen molar-refractivity contribution in [1.82, 2.24) is 5.32 Å². The molecule has 2 N–H and O–H groups in total. The highest BCUT2D eigenvalue weighted by atomic mass is 35.5. The third kappa shape index (κ3) is 3.18. The van der Waals surface area contributed by atoms with Crippen molar-refractivity contribution in [1.29, 1.82) is 0 Å². The van der Waals surface area contributed by atoms with Crippen molar-refractivity contribution < 1.29 is 9.84 Å². The molecule has 96 valence electrons. The van der Waals surface area contributed by atoms with Crippen LogP contribution in [0, 0.1) is 0 Å². The number of benzene rings is 1. The van der Waals surface area contributed by atoms with Gasteiger partial charge in [-0.1, -0.05) is 23.2 Å². The molecule has 0 unspecified atom stereocenters. The van der Waals surface area contributed by atoms with E-state index in [0.29, 0.717) is 34.4 Å². The summed E-state index contributed by atoms with van der Waals surface area (Å²) in [5, 5.41) is 14.0. The predicted octanol–water partition coefficient (Wildman–Crippen LogP) is 2.82. The van der Waals surface area contributed by atoms with Crippen molar-refractivity contribution in [2.45, 2.75) is 18.6 Å². The lowest BCUT2D eigenvalue weighted by molar-refractivity contribution is 0.153. The van der Waals surface area contributed by atoms with Crippen molar-refractivity contribution in [3.8, 4) is 5.75 Å². The first-order valence-corrected chi connectivity index (χ1v) is 5.84. The number of aliphatic hydroxyl groups excluding tert-OH is 1. The largest absolute Gasteiger partial charge is 0.492 e. The van der Waals surface area contributed by atoms with Crippen molar-refractivity contribution in [2.75, 3.05) is 13.7 Å². The van der Waals surface area contributed by atoms with E-state index in [1.165, 1.54) is 0 Å². The molecule has 1 aliphatic rings. The molecule has 0 saturated carbocycles. The van der Waals surface area contributed by atoms with Crippen LogP contribution < -0.4 is 10.1 Å². The van der Waals surface area contributed by atoms with Gasteiger partial charge in [0, 0.05) is 17.7 Å². The molecule has 3 nitrogen and oxygen atoms in total. The highest BCUT2D eigenvalue weighted by Gasteiger charge is 2.24. The van der Waals surface area contributed by atoms with Gasteiger partial charge in [-0.15, -0.1) is 12.4 Å². The van der Waals surface area contributed by atoms with Gasteiger partial charge in [-0.2, -0.15) is 0 Å². The number of aliphatic hydroxyl groups is 1. The fourth-order valence-corrected chi connectivity index (χ4v) is 2.11. The van der Waals surface area contributed by atoms with Crippen molar-refractivity contribution in [3.05, 3.63) is 27.7 Å². The van der Waals surface area contributed by atoms with Crippen LogP contribution in [0.5, 0.6) is 5.75 Å². The van der Waals surface area contributed by atoms with Crippen LogP contribution in [0.25, 0.3) is 0 Å². The van der Waals surface area contributed by atoms with Crippen molar-refractivity contribution in [2.24, 2.45) is 0 Å². The van der Waals surface area contributed by atoms with Gasteiger partial charge in [0.2, 0.25) is 0 Å². The third-order valence-electron chi connectivity index (χ3n) is 2.77. The van der Waals surface area contributed by atoms with E-state index in [9.17, 15) is 5.11 Å². The molecule has 0 aromatic heterocycles. The van der Waals surface area contributed by atoms with Crippen LogP contribution >= 0.6 is 35.6 Å². The number of rotatable bonds is 1. The van der Waals surface area contributed by atoms with Gasteiger partial charge >= 0.3 is 0 Å².